The molecule has 0 atom stereocenters. The van der Waals surface area contributed by atoms with Crippen molar-refractivity contribution in [2.24, 2.45) is 0 Å². The highest BCUT2D eigenvalue weighted by Gasteiger charge is 2.27. The molecule has 3 heterocycles. The molecule has 0 spiro atoms. The zero-order chi connectivity index (χ0) is 41.2. The molecule has 1 aliphatic rings. The maximum absolute atomic E-state index is 2.51. The molecule has 10 aromatic carbocycles. The highest BCUT2D eigenvalue weighted by molar-refractivity contribution is 6.14. The Morgan fingerprint density at radius 2 is 0.571 bits per heavy atom. The van der Waals surface area contributed by atoms with Crippen molar-refractivity contribution in [3.8, 4) is 61.6 Å². The summed E-state index contributed by atoms with van der Waals surface area (Å²) in [5, 5.41) is 7.50. The molecule has 1 aliphatic carbocycles. The van der Waals surface area contributed by atoms with Crippen molar-refractivity contribution in [1.29, 1.82) is 0 Å². The topological polar surface area (TPSA) is 14.8 Å². The van der Waals surface area contributed by atoms with Crippen LogP contribution in [0, 0.1) is 0 Å². The van der Waals surface area contributed by atoms with Gasteiger partial charge in [0.15, 0.2) is 0 Å². The highest BCUT2D eigenvalue weighted by atomic mass is 15.0. The molecule has 3 nitrogen and oxygen atoms in total. The van der Waals surface area contributed by atoms with Crippen LogP contribution in [-0.4, -0.2) is 13.7 Å². The summed E-state index contributed by atoms with van der Waals surface area (Å²) in [6.07, 6.45) is 0. The maximum atomic E-state index is 2.51. The van der Waals surface area contributed by atoms with E-state index in [-0.39, 0.29) is 0 Å². The van der Waals surface area contributed by atoms with Crippen molar-refractivity contribution in [3.63, 3.8) is 0 Å². The van der Waals surface area contributed by atoms with Crippen molar-refractivity contribution in [3.05, 3.63) is 224 Å². The maximum Gasteiger partial charge on any atom is 0.0547 e. The molecule has 0 fully saturated rings. The molecular weight excluding hydrogens is 763 g/mol. The van der Waals surface area contributed by atoms with Gasteiger partial charge in [0.25, 0.3) is 0 Å². The molecule has 13 aromatic rings. The van der Waals surface area contributed by atoms with E-state index < -0.39 is 0 Å². The van der Waals surface area contributed by atoms with Gasteiger partial charge in [-0.3, -0.25) is 0 Å². The predicted octanol–water partition coefficient (Wildman–Crippen LogP) is 16.0. The summed E-state index contributed by atoms with van der Waals surface area (Å²) in [5.41, 5.74) is 20.4. The van der Waals surface area contributed by atoms with Gasteiger partial charge in [-0.1, -0.05) is 158 Å². The Bertz CT molecular complexity index is 3930. The Hall–Kier alpha value is -8.40. The first-order chi connectivity index (χ1) is 31.3. The second kappa shape index (κ2) is 13.1. The molecule has 0 unspecified atom stereocenters. The quantitative estimate of drug-likeness (QED) is 0.169. The van der Waals surface area contributed by atoms with Gasteiger partial charge in [-0.05, 0) is 106 Å². The third kappa shape index (κ3) is 4.79. The fourth-order valence-electron chi connectivity index (χ4n) is 11.0. The molecule has 0 amide bonds. The van der Waals surface area contributed by atoms with Crippen LogP contribution in [0.15, 0.2) is 224 Å². The fourth-order valence-corrected chi connectivity index (χ4v) is 11.0. The van der Waals surface area contributed by atoms with Gasteiger partial charge < -0.3 is 13.7 Å². The van der Waals surface area contributed by atoms with Gasteiger partial charge in [0.05, 0.1) is 38.8 Å². The number of benzene rings is 10. The second-order valence-corrected chi connectivity index (χ2v) is 16.8. The predicted molar refractivity (Wildman–Crippen MR) is 265 cm³/mol. The minimum Gasteiger partial charge on any atom is -0.309 e. The molecule has 0 saturated heterocycles. The zero-order valence-electron chi connectivity index (χ0n) is 34.2. The van der Waals surface area contributed by atoms with Crippen molar-refractivity contribution in [2.75, 3.05) is 0 Å². The minimum absolute atomic E-state index is 1.14. The smallest absolute Gasteiger partial charge is 0.0547 e. The van der Waals surface area contributed by atoms with Crippen molar-refractivity contribution < 1.29 is 0 Å². The van der Waals surface area contributed by atoms with Crippen LogP contribution in [0.2, 0.25) is 0 Å². The van der Waals surface area contributed by atoms with E-state index in [1.807, 2.05) is 0 Å². The average Bonchev–Trinajstić information content (AvgIpc) is 3.99. The Morgan fingerprint density at radius 3 is 1.10 bits per heavy atom. The Morgan fingerprint density at radius 1 is 0.206 bits per heavy atom. The molecule has 0 bridgehead atoms. The number of aromatic nitrogens is 3. The third-order valence-electron chi connectivity index (χ3n) is 13.6. The van der Waals surface area contributed by atoms with E-state index in [1.165, 1.54) is 110 Å². The Kier molecular flexibility index (Phi) is 7.11. The van der Waals surface area contributed by atoms with E-state index in [1.54, 1.807) is 0 Å². The normalized spacial score (nSPS) is 12.1. The third-order valence-corrected chi connectivity index (χ3v) is 13.6. The number of hydrogen-bond donors (Lipinski definition) is 0. The van der Waals surface area contributed by atoms with Gasteiger partial charge in [-0.15, -0.1) is 0 Å². The van der Waals surface area contributed by atoms with E-state index in [2.05, 4.69) is 238 Å². The Labute approximate surface area is 363 Å². The van der Waals surface area contributed by atoms with Gasteiger partial charge in [0.1, 0.15) is 0 Å². The van der Waals surface area contributed by atoms with Crippen molar-refractivity contribution in [2.45, 2.75) is 0 Å². The number of para-hydroxylation sites is 5. The molecule has 63 heavy (non-hydrogen) atoms. The van der Waals surface area contributed by atoms with Crippen molar-refractivity contribution in [1.82, 2.24) is 13.7 Å². The van der Waals surface area contributed by atoms with Crippen LogP contribution >= 0.6 is 0 Å². The van der Waals surface area contributed by atoms with E-state index in [0.29, 0.717) is 0 Å². The molecule has 0 aliphatic heterocycles. The lowest BCUT2D eigenvalue weighted by molar-refractivity contribution is 1.16. The SMILES string of the molecule is c1ccc2c(c1)-c1ccccc1-c1cccc(-n3c4ccccc4c4cc(-n5c6ccccc6c6ccccc65)ccc43)c1-c1ccc(-n3c4ccccc4c4ccccc43)cc1-2. The Balaban J connectivity index is 1.07. The summed E-state index contributed by atoms with van der Waals surface area (Å²) < 4.78 is 7.38. The lowest BCUT2D eigenvalue weighted by Gasteiger charge is -2.26. The van der Waals surface area contributed by atoms with Gasteiger partial charge in [-0.25, -0.2) is 0 Å². The van der Waals surface area contributed by atoms with Crippen LogP contribution < -0.4 is 0 Å². The molecule has 0 saturated carbocycles. The summed E-state index contributed by atoms with van der Waals surface area (Å²) in [5.74, 6) is 0. The largest absolute Gasteiger partial charge is 0.309 e. The molecular formula is C60H37N3. The number of hydrogen-bond acceptors (Lipinski definition) is 0. The standard InChI is InChI=1S/C60H37N3/c1-3-18-42-40(16-1)41-17-2-4-19-43(41)51-36-38(61-53-26-10-5-20-44(53)45-21-6-11-27-54(45)61)32-34-50(51)60-49(42)25-15-31-59(60)63-57-30-14-9-24-48(57)52-37-39(33-35-58(52)63)62-55-28-12-7-22-46(55)47-23-8-13-29-56(47)62/h1-37H. The number of nitrogens with zero attached hydrogens (tertiary/aromatic N) is 3. The van der Waals surface area contributed by atoms with Crippen LogP contribution in [0.3, 0.4) is 0 Å². The first kappa shape index (κ1) is 34.3. The lowest BCUT2D eigenvalue weighted by Crippen LogP contribution is -2.04. The first-order valence-electron chi connectivity index (χ1n) is 21.8. The lowest BCUT2D eigenvalue weighted by atomic mass is 9.80. The molecule has 292 valence electrons. The number of fused-ring (bicyclic) bond motifs is 17. The summed E-state index contributed by atoms with van der Waals surface area (Å²) >= 11 is 0. The molecule has 0 N–H and O–H groups in total. The van der Waals surface area contributed by atoms with E-state index >= 15 is 0 Å². The highest BCUT2D eigenvalue weighted by Crippen LogP contribution is 2.51. The van der Waals surface area contributed by atoms with Gasteiger partial charge >= 0.3 is 0 Å². The molecule has 3 heteroatoms. The monoisotopic (exact) mass is 799 g/mol. The van der Waals surface area contributed by atoms with Crippen LogP contribution in [0.25, 0.3) is 127 Å². The average molecular weight is 800 g/mol. The van der Waals surface area contributed by atoms with E-state index in [4.69, 9.17) is 0 Å². The summed E-state index contributed by atoms with van der Waals surface area (Å²) in [4.78, 5) is 0. The van der Waals surface area contributed by atoms with Gasteiger partial charge in [-0.2, -0.15) is 0 Å². The summed E-state index contributed by atoms with van der Waals surface area (Å²) in [7, 11) is 0. The van der Waals surface area contributed by atoms with Crippen LogP contribution in [-0.2, 0) is 0 Å². The van der Waals surface area contributed by atoms with Gasteiger partial charge in [0, 0.05) is 49.3 Å². The first-order valence-corrected chi connectivity index (χ1v) is 21.8. The van der Waals surface area contributed by atoms with Crippen LogP contribution in [0.4, 0.5) is 0 Å². The van der Waals surface area contributed by atoms with Gasteiger partial charge in [0.2, 0.25) is 0 Å². The molecule has 0 radical (unpaired) electrons. The van der Waals surface area contributed by atoms with Crippen LogP contribution in [0.5, 0.6) is 0 Å². The molecule has 3 aromatic heterocycles. The summed E-state index contributed by atoms with van der Waals surface area (Å²) in [6, 6.07) is 83.0. The van der Waals surface area contributed by atoms with E-state index in [0.717, 1.165) is 17.1 Å². The van der Waals surface area contributed by atoms with E-state index in [9.17, 15) is 0 Å². The fraction of sp³-hybridized carbons (Fsp3) is 0. The van der Waals surface area contributed by atoms with Crippen molar-refractivity contribution >= 4 is 65.4 Å². The molecule has 14 rings (SSSR count). The zero-order valence-corrected chi connectivity index (χ0v) is 34.2. The number of rotatable bonds is 3. The van der Waals surface area contributed by atoms with Crippen LogP contribution in [0.1, 0.15) is 0 Å². The minimum atomic E-state index is 1.14. The summed E-state index contributed by atoms with van der Waals surface area (Å²) in [6.45, 7) is 0. The second-order valence-electron chi connectivity index (χ2n) is 16.8.